The minimum atomic E-state index is -0.886. The first-order valence-corrected chi connectivity index (χ1v) is 7.41. The Bertz CT molecular complexity index is 346. The standard InChI is InChI=1S/C14H24N2O3/c1-2-10-5-3-6-11(9-10)15-14(19)16-8-4-7-12(16)13(17)18/h10-12H,2-9H2,1H3,(H,15,19)(H,17,18). The second-order valence-corrected chi connectivity index (χ2v) is 5.78. The summed E-state index contributed by atoms with van der Waals surface area (Å²) in [6, 6.07) is -0.599. The molecule has 1 saturated carbocycles. The molecule has 2 fully saturated rings. The van der Waals surface area contributed by atoms with Crippen LogP contribution in [-0.2, 0) is 4.79 Å². The molecule has 3 unspecified atom stereocenters. The fraction of sp³-hybridized carbons (Fsp3) is 0.857. The number of nitrogens with one attached hydrogen (secondary N) is 1. The number of amides is 2. The van der Waals surface area contributed by atoms with Gasteiger partial charge in [-0.05, 0) is 31.6 Å². The van der Waals surface area contributed by atoms with Crippen molar-refractivity contribution in [3.8, 4) is 0 Å². The monoisotopic (exact) mass is 268 g/mol. The van der Waals surface area contributed by atoms with Crippen molar-refractivity contribution >= 4 is 12.0 Å². The van der Waals surface area contributed by atoms with Gasteiger partial charge in [-0.15, -0.1) is 0 Å². The molecule has 2 N–H and O–H groups in total. The van der Waals surface area contributed by atoms with E-state index >= 15 is 0 Å². The topological polar surface area (TPSA) is 69.6 Å². The smallest absolute Gasteiger partial charge is 0.326 e. The van der Waals surface area contributed by atoms with Gasteiger partial charge in [-0.2, -0.15) is 0 Å². The molecule has 19 heavy (non-hydrogen) atoms. The SMILES string of the molecule is CCC1CCCC(NC(=O)N2CCCC2C(=O)O)C1. The molecular formula is C14H24N2O3. The predicted molar refractivity (Wildman–Crippen MR) is 71.9 cm³/mol. The van der Waals surface area contributed by atoms with E-state index in [9.17, 15) is 9.59 Å². The molecule has 0 spiro atoms. The van der Waals surface area contributed by atoms with Crippen LogP contribution in [0.1, 0.15) is 51.9 Å². The number of hydrogen-bond acceptors (Lipinski definition) is 2. The number of likely N-dealkylation sites (tertiary alicyclic amines) is 1. The van der Waals surface area contributed by atoms with Crippen molar-refractivity contribution in [2.24, 2.45) is 5.92 Å². The van der Waals surface area contributed by atoms with Gasteiger partial charge < -0.3 is 15.3 Å². The third kappa shape index (κ3) is 3.39. The first-order chi connectivity index (χ1) is 9.11. The molecule has 0 radical (unpaired) electrons. The number of carbonyl (C=O) groups excluding carboxylic acids is 1. The van der Waals surface area contributed by atoms with Gasteiger partial charge in [0.05, 0.1) is 0 Å². The fourth-order valence-electron chi connectivity index (χ4n) is 3.32. The largest absolute Gasteiger partial charge is 0.480 e. The average Bonchev–Trinajstić information content (AvgIpc) is 2.88. The molecule has 1 aliphatic carbocycles. The summed E-state index contributed by atoms with van der Waals surface area (Å²) in [7, 11) is 0. The zero-order chi connectivity index (χ0) is 13.8. The van der Waals surface area contributed by atoms with Gasteiger partial charge in [-0.3, -0.25) is 0 Å². The van der Waals surface area contributed by atoms with Crippen LogP contribution >= 0.6 is 0 Å². The molecule has 3 atom stereocenters. The molecule has 2 aliphatic rings. The van der Waals surface area contributed by atoms with E-state index in [1.165, 1.54) is 11.3 Å². The van der Waals surface area contributed by atoms with Crippen molar-refractivity contribution in [2.75, 3.05) is 6.54 Å². The number of urea groups is 1. The van der Waals surface area contributed by atoms with Gasteiger partial charge in [-0.1, -0.05) is 26.2 Å². The summed E-state index contributed by atoms with van der Waals surface area (Å²) in [6.45, 7) is 2.75. The van der Waals surface area contributed by atoms with E-state index in [0.717, 1.165) is 32.1 Å². The van der Waals surface area contributed by atoms with Gasteiger partial charge in [0, 0.05) is 12.6 Å². The number of nitrogens with zero attached hydrogens (tertiary/aromatic N) is 1. The molecule has 0 aromatic rings. The quantitative estimate of drug-likeness (QED) is 0.824. The van der Waals surface area contributed by atoms with Crippen LogP contribution in [0.25, 0.3) is 0 Å². The molecular weight excluding hydrogens is 244 g/mol. The number of aliphatic carboxylic acids is 1. The zero-order valence-electron chi connectivity index (χ0n) is 11.6. The first kappa shape index (κ1) is 14.2. The molecule has 1 saturated heterocycles. The lowest BCUT2D eigenvalue weighted by Crippen LogP contribution is -2.50. The lowest BCUT2D eigenvalue weighted by molar-refractivity contribution is -0.141. The summed E-state index contributed by atoms with van der Waals surface area (Å²) in [5.74, 6) is -0.185. The summed E-state index contributed by atoms with van der Waals surface area (Å²) in [4.78, 5) is 24.7. The van der Waals surface area contributed by atoms with E-state index in [2.05, 4.69) is 12.2 Å². The molecule has 5 heteroatoms. The van der Waals surface area contributed by atoms with Crippen molar-refractivity contribution in [1.29, 1.82) is 0 Å². The lowest BCUT2D eigenvalue weighted by Gasteiger charge is -2.31. The van der Waals surface area contributed by atoms with Crippen LogP contribution in [0.15, 0.2) is 0 Å². The Labute approximate surface area is 114 Å². The number of hydrogen-bond donors (Lipinski definition) is 2. The van der Waals surface area contributed by atoms with Crippen molar-refractivity contribution in [2.45, 2.75) is 64.0 Å². The van der Waals surface area contributed by atoms with Crippen LogP contribution in [0.4, 0.5) is 4.79 Å². The molecule has 0 aromatic heterocycles. The van der Waals surface area contributed by atoms with Crippen molar-refractivity contribution < 1.29 is 14.7 Å². The molecule has 5 nitrogen and oxygen atoms in total. The number of carboxylic acids is 1. The summed E-state index contributed by atoms with van der Waals surface area (Å²) in [6.07, 6.45) is 6.99. The number of rotatable bonds is 3. The van der Waals surface area contributed by atoms with Gasteiger partial charge in [0.25, 0.3) is 0 Å². The van der Waals surface area contributed by atoms with Crippen LogP contribution in [0.3, 0.4) is 0 Å². The average molecular weight is 268 g/mol. The third-order valence-electron chi connectivity index (χ3n) is 4.49. The second-order valence-electron chi connectivity index (χ2n) is 5.78. The van der Waals surface area contributed by atoms with E-state index < -0.39 is 12.0 Å². The van der Waals surface area contributed by atoms with Crippen LogP contribution in [0.5, 0.6) is 0 Å². The Hall–Kier alpha value is -1.26. The minimum absolute atomic E-state index is 0.188. The second kappa shape index (κ2) is 6.26. The van der Waals surface area contributed by atoms with E-state index in [4.69, 9.17) is 5.11 Å². The van der Waals surface area contributed by atoms with E-state index in [-0.39, 0.29) is 12.1 Å². The Morgan fingerprint density at radius 2 is 2.05 bits per heavy atom. The van der Waals surface area contributed by atoms with Gasteiger partial charge >= 0.3 is 12.0 Å². The first-order valence-electron chi connectivity index (χ1n) is 7.41. The third-order valence-corrected chi connectivity index (χ3v) is 4.49. The highest BCUT2D eigenvalue weighted by Gasteiger charge is 2.35. The summed E-state index contributed by atoms with van der Waals surface area (Å²) >= 11 is 0. The Morgan fingerprint density at radius 1 is 1.26 bits per heavy atom. The highest BCUT2D eigenvalue weighted by Crippen LogP contribution is 2.27. The maximum atomic E-state index is 12.2. The lowest BCUT2D eigenvalue weighted by atomic mass is 9.84. The number of carboxylic acid groups (broad SMARTS) is 1. The Kier molecular flexibility index (Phi) is 4.66. The van der Waals surface area contributed by atoms with Crippen LogP contribution in [0.2, 0.25) is 0 Å². The van der Waals surface area contributed by atoms with Gasteiger partial charge in [-0.25, -0.2) is 9.59 Å². The van der Waals surface area contributed by atoms with E-state index in [0.29, 0.717) is 18.9 Å². The highest BCUT2D eigenvalue weighted by atomic mass is 16.4. The normalized spacial score (nSPS) is 31.2. The summed E-state index contributed by atoms with van der Waals surface area (Å²) < 4.78 is 0. The van der Waals surface area contributed by atoms with Crippen molar-refractivity contribution in [3.63, 3.8) is 0 Å². The zero-order valence-corrected chi connectivity index (χ0v) is 11.6. The summed E-state index contributed by atoms with van der Waals surface area (Å²) in [5, 5.41) is 12.1. The summed E-state index contributed by atoms with van der Waals surface area (Å²) in [5.41, 5.74) is 0. The molecule has 1 heterocycles. The molecule has 2 amide bonds. The molecule has 0 aromatic carbocycles. The maximum absolute atomic E-state index is 12.2. The van der Waals surface area contributed by atoms with Gasteiger partial charge in [0.2, 0.25) is 0 Å². The predicted octanol–water partition coefficient (Wildman–Crippen LogP) is 2.21. The molecule has 1 aliphatic heterocycles. The highest BCUT2D eigenvalue weighted by molar-refractivity contribution is 5.83. The number of carbonyl (C=O) groups is 2. The van der Waals surface area contributed by atoms with Crippen LogP contribution in [-0.4, -0.2) is 40.6 Å². The van der Waals surface area contributed by atoms with E-state index in [1.807, 2.05) is 0 Å². The Morgan fingerprint density at radius 3 is 2.74 bits per heavy atom. The van der Waals surface area contributed by atoms with Gasteiger partial charge in [0.15, 0.2) is 0 Å². The van der Waals surface area contributed by atoms with Gasteiger partial charge in [0.1, 0.15) is 6.04 Å². The van der Waals surface area contributed by atoms with E-state index in [1.54, 1.807) is 0 Å². The van der Waals surface area contributed by atoms with Crippen molar-refractivity contribution in [3.05, 3.63) is 0 Å². The van der Waals surface area contributed by atoms with Crippen LogP contribution in [0, 0.1) is 5.92 Å². The Balaban J connectivity index is 1.88. The maximum Gasteiger partial charge on any atom is 0.326 e. The van der Waals surface area contributed by atoms with Crippen molar-refractivity contribution in [1.82, 2.24) is 10.2 Å². The minimum Gasteiger partial charge on any atom is -0.480 e. The fourth-order valence-corrected chi connectivity index (χ4v) is 3.32. The molecule has 2 rings (SSSR count). The molecule has 0 bridgehead atoms. The molecule has 108 valence electrons. The van der Waals surface area contributed by atoms with Crippen LogP contribution < -0.4 is 5.32 Å².